The zero-order valence-electron chi connectivity index (χ0n) is 22.8. The van der Waals surface area contributed by atoms with Crippen molar-refractivity contribution >= 4 is 44.2 Å². The predicted octanol–water partition coefficient (Wildman–Crippen LogP) is 5.24. The van der Waals surface area contributed by atoms with Gasteiger partial charge in [-0.2, -0.15) is 0 Å². The van der Waals surface area contributed by atoms with Crippen molar-refractivity contribution in [2.24, 2.45) is 0 Å². The number of methoxy groups -OCH3 is 1. The fourth-order valence-corrected chi connectivity index (χ4v) is 4.85. The summed E-state index contributed by atoms with van der Waals surface area (Å²) in [5.41, 5.74) is 0.881. The molecule has 0 saturated carbocycles. The molecule has 40 heavy (non-hydrogen) atoms. The molecule has 0 unspecified atom stereocenters. The number of nitrogens with one attached hydrogen (secondary N) is 1. The number of sulfone groups is 1. The van der Waals surface area contributed by atoms with E-state index in [1.165, 1.54) is 24.1 Å². The summed E-state index contributed by atoms with van der Waals surface area (Å²) in [5.74, 6) is 0.0420. The highest BCUT2D eigenvalue weighted by Gasteiger charge is 2.25. The fourth-order valence-electron chi connectivity index (χ4n) is 3.97. The summed E-state index contributed by atoms with van der Waals surface area (Å²) in [6, 6.07) is 20.0. The highest BCUT2D eigenvalue weighted by molar-refractivity contribution is 7.90. The van der Waals surface area contributed by atoms with Gasteiger partial charge in [0.15, 0.2) is 9.84 Å². The Morgan fingerprint density at radius 2 is 1.68 bits per heavy atom. The van der Waals surface area contributed by atoms with Gasteiger partial charge in [0.2, 0.25) is 5.88 Å². The molecule has 2 heterocycles. The maximum atomic E-state index is 13.8. The molecular formula is C29H30N4O6S. The molecule has 0 aliphatic heterocycles. The predicted molar refractivity (Wildman–Crippen MR) is 152 cm³/mol. The van der Waals surface area contributed by atoms with E-state index < -0.39 is 27.4 Å². The summed E-state index contributed by atoms with van der Waals surface area (Å²) in [4.78, 5) is 36.2. The summed E-state index contributed by atoms with van der Waals surface area (Å²) in [6.45, 7) is 5.32. The van der Waals surface area contributed by atoms with E-state index in [-0.39, 0.29) is 28.7 Å². The average Bonchev–Trinajstić information content (AvgIpc) is 2.89. The number of amides is 2. The van der Waals surface area contributed by atoms with E-state index in [1.54, 1.807) is 69.3 Å². The standard InChI is InChI=1S/C29H30N4O6S/c1-29(2,3)39-28(35)32-25-16-15-20-14-13-19(17-22(20)30-25)18-33(23-10-6-7-11-24(23)40(5,36)37)27(34)21-9-8-12-26(31-21)38-4/h6-17H,18H2,1-5H3,(H,30,32,35). The van der Waals surface area contributed by atoms with Crippen LogP contribution in [0.1, 0.15) is 36.8 Å². The lowest BCUT2D eigenvalue weighted by Crippen LogP contribution is -2.32. The number of carbonyl (C=O) groups is 2. The maximum absolute atomic E-state index is 13.8. The van der Waals surface area contributed by atoms with Gasteiger partial charge in [-0.3, -0.25) is 10.1 Å². The van der Waals surface area contributed by atoms with Crippen molar-refractivity contribution in [1.29, 1.82) is 0 Å². The van der Waals surface area contributed by atoms with Gasteiger partial charge in [0, 0.05) is 17.7 Å². The van der Waals surface area contributed by atoms with Crippen molar-refractivity contribution in [1.82, 2.24) is 9.97 Å². The van der Waals surface area contributed by atoms with E-state index in [2.05, 4.69) is 15.3 Å². The molecule has 0 saturated heterocycles. The number of hydrogen-bond donors (Lipinski definition) is 1. The molecule has 0 spiro atoms. The van der Waals surface area contributed by atoms with Crippen molar-refractivity contribution in [3.05, 3.63) is 84.1 Å². The van der Waals surface area contributed by atoms with Crippen LogP contribution in [-0.4, -0.2) is 49.4 Å². The van der Waals surface area contributed by atoms with E-state index in [0.717, 1.165) is 11.6 Å². The largest absolute Gasteiger partial charge is 0.481 e. The second-order valence-electron chi connectivity index (χ2n) is 10.0. The summed E-state index contributed by atoms with van der Waals surface area (Å²) >= 11 is 0. The topological polar surface area (TPSA) is 128 Å². The van der Waals surface area contributed by atoms with Crippen molar-refractivity contribution in [2.75, 3.05) is 23.6 Å². The number of anilines is 2. The molecule has 2 aromatic heterocycles. The van der Waals surface area contributed by atoms with Crippen LogP contribution in [0.5, 0.6) is 5.88 Å². The molecule has 0 atom stereocenters. The number of ether oxygens (including phenoxy) is 2. The van der Waals surface area contributed by atoms with Gasteiger partial charge in [0.1, 0.15) is 17.1 Å². The van der Waals surface area contributed by atoms with E-state index in [9.17, 15) is 18.0 Å². The molecule has 10 nitrogen and oxygen atoms in total. The van der Waals surface area contributed by atoms with E-state index >= 15 is 0 Å². The van der Waals surface area contributed by atoms with Gasteiger partial charge in [0.25, 0.3) is 5.91 Å². The number of para-hydroxylation sites is 1. The third-order valence-corrected chi connectivity index (χ3v) is 6.82. The molecule has 0 aliphatic carbocycles. The Labute approximate surface area is 232 Å². The molecular weight excluding hydrogens is 532 g/mol. The summed E-state index contributed by atoms with van der Waals surface area (Å²) in [6.07, 6.45) is 0.465. The van der Waals surface area contributed by atoms with Crippen LogP contribution in [0.25, 0.3) is 10.9 Å². The number of carbonyl (C=O) groups excluding carboxylic acids is 2. The van der Waals surface area contributed by atoms with Crippen LogP contribution >= 0.6 is 0 Å². The SMILES string of the molecule is COc1cccc(C(=O)N(Cc2ccc3ccc(NC(=O)OC(C)(C)C)nc3c2)c2ccccc2S(C)(=O)=O)n1. The number of fused-ring (bicyclic) bond motifs is 1. The van der Waals surface area contributed by atoms with Crippen LogP contribution in [0.3, 0.4) is 0 Å². The molecule has 208 valence electrons. The quantitative estimate of drug-likeness (QED) is 0.324. The maximum Gasteiger partial charge on any atom is 0.413 e. The Kier molecular flexibility index (Phi) is 8.06. The van der Waals surface area contributed by atoms with Crippen LogP contribution < -0.4 is 15.0 Å². The van der Waals surface area contributed by atoms with Gasteiger partial charge in [-0.25, -0.2) is 23.2 Å². The van der Waals surface area contributed by atoms with Crippen molar-refractivity contribution in [2.45, 2.75) is 37.8 Å². The molecule has 4 aromatic rings. The summed E-state index contributed by atoms with van der Waals surface area (Å²) < 4.78 is 35.7. The van der Waals surface area contributed by atoms with Gasteiger partial charge >= 0.3 is 6.09 Å². The van der Waals surface area contributed by atoms with E-state index in [1.807, 2.05) is 12.1 Å². The lowest BCUT2D eigenvalue weighted by Gasteiger charge is -2.25. The molecule has 2 aromatic carbocycles. The third kappa shape index (κ3) is 6.92. The van der Waals surface area contributed by atoms with Crippen LogP contribution in [-0.2, 0) is 21.1 Å². The highest BCUT2D eigenvalue weighted by atomic mass is 32.2. The van der Waals surface area contributed by atoms with Crippen LogP contribution in [0.4, 0.5) is 16.3 Å². The lowest BCUT2D eigenvalue weighted by atomic mass is 10.1. The van der Waals surface area contributed by atoms with Gasteiger partial charge in [-0.05, 0) is 62.7 Å². The van der Waals surface area contributed by atoms with Gasteiger partial charge < -0.3 is 14.4 Å². The first-order valence-electron chi connectivity index (χ1n) is 12.4. The van der Waals surface area contributed by atoms with Crippen LogP contribution in [0.2, 0.25) is 0 Å². The van der Waals surface area contributed by atoms with Crippen LogP contribution in [0.15, 0.2) is 77.7 Å². The molecule has 0 aliphatic rings. The normalized spacial score (nSPS) is 11.6. The Balaban J connectivity index is 1.74. The van der Waals surface area contributed by atoms with Gasteiger partial charge in [-0.1, -0.05) is 30.3 Å². The molecule has 11 heteroatoms. The Bertz CT molecular complexity index is 1680. The van der Waals surface area contributed by atoms with Crippen molar-refractivity contribution in [3.8, 4) is 5.88 Å². The molecule has 0 bridgehead atoms. The van der Waals surface area contributed by atoms with Crippen LogP contribution in [0, 0.1) is 0 Å². The van der Waals surface area contributed by atoms with Gasteiger partial charge in [-0.15, -0.1) is 0 Å². The Hall–Kier alpha value is -4.51. The number of benzene rings is 2. The van der Waals surface area contributed by atoms with E-state index in [4.69, 9.17) is 9.47 Å². The minimum Gasteiger partial charge on any atom is -0.481 e. The summed E-state index contributed by atoms with van der Waals surface area (Å²) in [5, 5.41) is 3.44. The zero-order chi connectivity index (χ0) is 29.1. The van der Waals surface area contributed by atoms with Crippen molar-refractivity contribution in [3.63, 3.8) is 0 Å². The second kappa shape index (κ2) is 11.3. The Morgan fingerprint density at radius 1 is 0.950 bits per heavy atom. The first-order valence-corrected chi connectivity index (χ1v) is 14.2. The molecule has 0 fully saturated rings. The van der Waals surface area contributed by atoms with Gasteiger partial charge in [0.05, 0.1) is 29.8 Å². The Morgan fingerprint density at radius 3 is 2.38 bits per heavy atom. The summed E-state index contributed by atoms with van der Waals surface area (Å²) in [7, 11) is -2.22. The zero-order valence-corrected chi connectivity index (χ0v) is 23.7. The number of aromatic nitrogens is 2. The third-order valence-electron chi connectivity index (χ3n) is 5.68. The molecule has 4 rings (SSSR count). The lowest BCUT2D eigenvalue weighted by molar-refractivity contribution is 0.0635. The minimum atomic E-state index is -3.67. The first-order chi connectivity index (χ1) is 18.8. The number of pyridine rings is 2. The van der Waals surface area contributed by atoms with Crippen molar-refractivity contribution < 1.29 is 27.5 Å². The molecule has 2 amide bonds. The second-order valence-corrected chi connectivity index (χ2v) is 12.0. The minimum absolute atomic E-state index is 0.00834. The average molecular weight is 563 g/mol. The fraction of sp³-hybridized carbons (Fsp3) is 0.241. The molecule has 0 radical (unpaired) electrons. The number of nitrogens with zero attached hydrogens (tertiary/aromatic N) is 3. The highest BCUT2D eigenvalue weighted by Crippen LogP contribution is 2.29. The molecule has 1 N–H and O–H groups in total. The smallest absolute Gasteiger partial charge is 0.413 e. The first kappa shape index (κ1) is 28.5. The van der Waals surface area contributed by atoms with E-state index in [0.29, 0.717) is 16.9 Å². The number of rotatable bonds is 7. The number of hydrogen-bond acceptors (Lipinski definition) is 8. The monoisotopic (exact) mass is 562 g/mol.